The molecule has 0 atom stereocenters. The number of fused-ring (bicyclic) bond motifs is 1. The van der Waals surface area contributed by atoms with Crippen LogP contribution in [0.25, 0.3) is 22.4 Å². The maximum atomic E-state index is 11.1. The number of nitrogens with zero attached hydrogens (tertiary/aromatic N) is 1. The highest BCUT2D eigenvalue weighted by Gasteiger charge is 2.06. The largest absolute Gasteiger partial charge is 0.417 e. The lowest BCUT2D eigenvalue weighted by Crippen LogP contribution is -2.12. The molecule has 3 rings (SSSR count). The second kappa shape index (κ2) is 4.74. The Labute approximate surface area is 108 Å². The van der Waals surface area contributed by atoms with Crippen LogP contribution < -0.4 is 11.1 Å². The molecule has 0 saturated heterocycles. The van der Waals surface area contributed by atoms with Gasteiger partial charge in [-0.1, -0.05) is 13.0 Å². The maximum absolute atomic E-state index is 11.1. The molecule has 0 aliphatic rings. The molecule has 2 aromatic heterocycles. The summed E-state index contributed by atoms with van der Waals surface area (Å²) in [6.45, 7) is 3.65. The van der Waals surface area contributed by atoms with Crippen LogP contribution in [-0.4, -0.2) is 21.5 Å². The van der Waals surface area contributed by atoms with Gasteiger partial charge in [-0.3, -0.25) is 4.98 Å². The van der Waals surface area contributed by atoms with Crippen molar-refractivity contribution in [2.45, 2.75) is 13.5 Å². The van der Waals surface area contributed by atoms with E-state index in [0.717, 1.165) is 23.6 Å². The number of rotatable bonds is 4. The zero-order valence-corrected chi connectivity index (χ0v) is 10.5. The Morgan fingerprint density at radius 3 is 3.11 bits per heavy atom. The van der Waals surface area contributed by atoms with Gasteiger partial charge in [0.1, 0.15) is 5.82 Å². The van der Waals surface area contributed by atoms with Gasteiger partial charge in [0.2, 0.25) is 0 Å². The van der Waals surface area contributed by atoms with Gasteiger partial charge in [-0.05, 0) is 18.7 Å². The Morgan fingerprint density at radius 2 is 2.26 bits per heavy atom. The van der Waals surface area contributed by atoms with Crippen LogP contribution >= 0.6 is 0 Å². The lowest BCUT2D eigenvalue weighted by atomic mass is 10.1. The van der Waals surface area contributed by atoms with Gasteiger partial charge in [0, 0.05) is 5.56 Å². The average Bonchev–Trinajstić information content (AvgIpc) is 3.00. The molecule has 98 valence electrons. The van der Waals surface area contributed by atoms with Crippen molar-refractivity contribution in [1.29, 1.82) is 0 Å². The third kappa shape index (κ3) is 2.30. The normalized spacial score (nSPS) is 11.2. The molecule has 0 radical (unpaired) electrons. The molecule has 0 amide bonds. The van der Waals surface area contributed by atoms with E-state index in [-0.39, 0.29) is 0 Å². The third-order valence-corrected chi connectivity index (χ3v) is 2.90. The molecule has 0 unspecified atom stereocenters. The fourth-order valence-corrected chi connectivity index (χ4v) is 1.96. The van der Waals surface area contributed by atoms with E-state index in [9.17, 15) is 4.79 Å². The molecule has 6 nitrogen and oxygen atoms in total. The highest BCUT2D eigenvalue weighted by atomic mass is 16.4. The smallest absolute Gasteiger partial charge is 0.408 e. The summed E-state index contributed by atoms with van der Waals surface area (Å²) in [4.78, 5) is 21.2. The molecule has 19 heavy (non-hydrogen) atoms. The molecular formula is C13H14N4O2. The Hall–Kier alpha value is -2.34. The number of imidazole rings is 1. The molecule has 3 aromatic rings. The van der Waals surface area contributed by atoms with E-state index in [1.807, 2.05) is 25.1 Å². The number of aromatic amines is 2. The minimum atomic E-state index is -0.440. The molecule has 0 aliphatic carbocycles. The van der Waals surface area contributed by atoms with Gasteiger partial charge in [-0.25, -0.2) is 9.78 Å². The summed E-state index contributed by atoms with van der Waals surface area (Å²) in [5.41, 5.74) is 3.08. The van der Waals surface area contributed by atoms with Gasteiger partial charge in [0.25, 0.3) is 0 Å². The molecule has 3 N–H and O–H groups in total. The Bertz CT molecular complexity index is 753. The number of H-pyrrole nitrogens is 2. The van der Waals surface area contributed by atoms with Crippen LogP contribution in [-0.2, 0) is 6.54 Å². The van der Waals surface area contributed by atoms with E-state index in [4.69, 9.17) is 4.42 Å². The highest BCUT2D eigenvalue weighted by molar-refractivity contribution is 5.78. The molecule has 0 saturated carbocycles. The number of hydrogen-bond donors (Lipinski definition) is 3. The number of nitrogens with one attached hydrogen (secondary N) is 3. The summed E-state index contributed by atoms with van der Waals surface area (Å²) in [6, 6.07) is 5.55. The van der Waals surface area contributed by atoms with Crippen molar-refractivity contribution in [3.8, 4) is 11.3 Å². The Morgan fingerprint density at radius 1 is 1.37 bits per heavy atom. The number of oxazole rings is 1. The fraction of sp³-hybridized carbons (Fsp3) is 0.231. The second-order valence-electron chi connectivity index (χ2n) is 4.25. The van der Waals surface area contributed by atoms with Crippen LogP contribution in [0.5, 0.6) is 0 Å². The molecule has 0 fully saturated rings. The molecule has 0 bridgehead atoms. The predicted octanol–water partition coefficient (Wildman–Crippen LogP) is 1.62. The predicted molar refractivity (Wildman–Crippen MR) is 71.8 cm³/mol. The lowest BCUT2D eigenvalue weighted by Gasteiger charge is -1.98. The number of benzene rings is 1. The number of aromatic nitrogens is 3. The van der Waals surface area contributed by atoms with E-state index in [1.54, 1.807) is 6.20 Å². The van der Waals surface area contributed by atoms with Crippen LogP contribution in [0.1, 0.15) is 12.7 Å². The maximum Gasteiger partial charge on any atom is 0.417 e. The van der Waals surface area contributed by atoms with Gasteiger partial charge in [0.15, 0.2) is 5.58 Å². The molecular weight excluding hydrogens is 244 g/mol. The zero-order valence-electron chi connectivity index (χ0n) is 10.5. The van der Waals surface area contributed by atoms with Crippen molar-refractivity contribution in [1.82, 2.24) is 20.3 Å². The molecule has 0 spiro atoms. The van der Waals surface area contributed by atoms with Gasteiger partial charge in [-0.2, -0.15) is 0 Å². The minimum Gasteiger partial charge on any atom is -0.408 e. The SMILES string of the molecule is CCNCc1ncc(-c2ccc3[nH]c(=O)oc3c2)[nH]1. The summed E-state index contributed by atoms with van der Waals surface area (Å²) in [6.07, 6.45) is 1.78. The summed E-state index contributed by atoms with van der Waals surface area (Å²) in [7, 11) is 0. The summed E-state index contributed by atoms with van der Waals surface area (Å²) in [5, 5.41) is 3.20. The molecule has 1 aromatic carbocycles. The monoisotopic (exact) mass is 258 g/mol. The standard InChI is InChI=1S/C13H14N4O2/c1-2-14-7-12-15-6-10(16-12)8-3-4-9-11(5-8)19-13(18)17-9/h3-6,14H,2,7H2,1H3,(H,15,16)(H,17,18). The molecule has 0 aliphatic heterocycles. The van der Waals surface area contributed by atoms with E-state index in [1.165, 1.54) is 0 Å². The lowest BCUT2D eigenvalue weighted by molar-refractivity contribution is 0.555. The van der Waals surface area contributed by atoms with E-state index >= 15 is 0 Å². The van der Waals surface area contributed by atoms with Crippen LogP contribution in [0.15, 0.2) is 33.6 Å². The first kappa shape index (κ1) is 11.7. The Balaban J connectivity index is 1.94. The van der Waals surface area contributed by atoms with E-state index < -0.39 is 5.76 Å². The van der Waals surface area contributed by atoms with Crippen LogP contribution in [0.2, 0.25) is 0 Å². The van der Waals surface area contributed by atoms with E-state index in [0.29, 0.717) is 17.6 Å². The van der Waals surface area contributed by atoms with Gasteiger partial charge < -0.3 is 14.7 Å². The Kier molecular flexibility index (Phi) is 2.92. The summed E-state index contributed by atoms with van der Waals surface area (Å²) < 4.78 is 5.04. The van der Waals surface area contributed by atoms with Crippen molar-refractivity contribution in [3.05, 3.63) is 40.8 Å². The zero-order chi connectivity index (χ0) is 13.2. The topological polar surface area (TPSA) is 86.7 Å². The average molecular weight is 258 g/mol. The first-order valence-electron chi connectivity index (χ1n) is 6.14. The first-order chi connectivity index (χ1) is 9.26. The van der Waals surface area contributed by atoms with E-state index in [2.05, 4.69) is 20.3 Å². The van der Waals surface area contributed by atoms with Crippen molar-refractivity contribution in [2.75, 3.05) is 6.54 Å². The van der Waals surface area contributed by atoms with Crippen LogP contribution in [0, 0.1) is 0 Å². The highest BCUT2D eigenvalue weighted by Crippen LogP contribution is 2.21. The van der Waals surface area contributed by atoms with Crippen molar-refractivity contribution < 1.29 is 4.42 Å². The summed E-state index contributed by atoms with van der Waals surface area (Å²) >= 11 is 0. The van der Waals surface area contributed by atoms with Crippen molar-refractivity contribution in [3.63, 3.8) is 0 Å². The fourth-order valence-electron chi connectivity index (χ4n) is 1.96. The quantitative estimate of drug-likeness (QED) is 0.663. The first-order valence-corrected chi connectivity index (χ1v) is 6.14. The van der Waals surface area contributed by atoms with Crippen molar-refractivity contribution in [2.24, 2.45) is 0 Å². The third-order valence-electron chi connectivity index (χ3n) is 2.90. The van der Waals surface area contributed by atoms with Crippen molar-refractivity contribution >= 4 is 11.1 Å². The van der Waals surface area contributed by atoms with Gasteiger partial charge >= 0.3 is 5.76 Å². The van der Waals surface area contributed by atoms with Crippen LogP contribution in [0.3, 0.4) is 0 Å². The van der Waals surface area contributed by atoms with Crippen LogP contribution in [0.4, 0.5) is 0 Å². The summed E-state index contributed by atoms with van der Waals surface area (Å²) in [5.74, 6) is 0.442. The number of hydrogen-bond acceptors (Lipinski definition) is 4. The second-order valence-corrected chi connectivity index (χ2v) is 4.25. The minimum absolute atomic E-state index is 0.440. The molecule has 2 heterocycles. The molecule has 6 heteroatoms. The van der Waals surface area contributed by atoms with Gasteiger partial charge in [-0.15, -0.1) is 0 Å². The van der Waals surface area contributed by atoms with Gasteiger partial charge in [0.05, 0.1) is 24.0 Å².